The van der Waals surface area contributed by atoms with E-state index >= 15 is 0 Å². The summed E-state index contributed by atoms with van der Waals surface area (Å²) in [7, 11) is 1.40. The molecule has 2 rings (SSSR count). The molecule has 0 amide bonds. The summed E-state index contributed by atoms with van der Waals surface area (Å²) >= 11 is 0. The number of hydrogen-bond donors (Lipinski definition) is 2. The number of hydrogen-bond acceptors (Lipinski definition) is 5. The van der Waals surface area contributed by atoms with Crippen LogP contribution in [-0.4, -0.2) is 51.7 Å². The fraction of sp³-hybridized carbons (Fsp3) is 0.364. The third kappa shape index (κ3) is 2.40. The van der Waals surface area contributed by atoms with Gasteiger partial charge in [-0.05, 0) is 12.1 Å². The molecule has 0 aliphatic carbocycles. The summed E-state index contributed by atoms with van der Waals surface area (Å²) in [5, 5.41) is 17.6. The highest BCUT2D eigenvalue weighted by Gasteiger charge is 2.40. The molecule has 1 aliphatic heterocycles. The van der Waals surface area contributed by atoms with Crippen LogP contribution >= 0.6 is 0 Å². The van der Waals surface area contributed by atoms with Crippen LogP contribution in [0.2, 0.25) is 0 Å². The van der Waals surface area contributed by atoms with E-state index in [4.69, 9.17) is 14.9 Å². The molecule has 0 aromatic carbocycles. The third-order valence-corrected chi connectivity index (χ3v) is 2.72. The number of aromatic carboxylic acids is 1. The van der Waals surface area contributed by atoms with Crippen LogP contribution in [0.15, 0.2) is 12.1 Å². The fourth-order valence-corrected chi connectivity index (χ4v) is 1.69. The number of aliphatic carboxylic acids is 1. The first kappa shape index (κ1) is 12.3. The van der Waals surface area contributed by atoms with Gasteiger partial charge in [0.05, 0.1) is 7.11 Å². The molecule has 0 saturated carbocycles. The number of aromatic nitrogens is 1. The molecule has 1 aromatic rings. The van der Waals surface area contributed by atoms with Gasteiger partial charge >= 0.3 is 11.9 Å². The third-order valence-electron chi connectivity index (χ3n) is 2.72. The summed E-state index contributed by atoms with van der Waals surface area (Å²) in [4.78, 5) is 27.0. The van der Waals surface area contributed by atoms with Gasteiger partial charge in [-0.2, -0.15) is 0 Å². The van der Waals surface area contributed by atoms with E-state index in [9.17, 15) is 9.59 Å². The monoisotopic (exact) mass is 252 g/mol. The van der Waals surface area contributed by atoms with Crippen LogP contribution < -0.4 is 4.74 Å². The zero-order valence-corrected chi connectivity index (χ0v) is 9.66. The first-order valence-electron chi connectivity index (χ1n) is 5.27. The molecule has 1 aliphatic rings. The molecular formula is C11H12N2O5. The Morgan fingerprint density at radius 1 is 1.50 bits per heavy atom. The van der Waals surface area contributed by atoms with Crippen LogP contribution in [0.4, 0.5) is 0 Å². The van der Waals surface area contributed by atoms with E-state index in [0.717, 1.165) is 0 Å². The lowest BCUT2D eigenvalue weighted by molar-refractivity contribution is -0.137. The number of methoxy groups -OCH3 is 1. The second-order valence-corrected chi connectivity index (χ2v) is 3.95. The van der Waals surface area contributed by atoms with Crippen molar-refractivity contribution in [2.24, 2.45) is 0 Å². The van der Waals surface area contributed by atoms with Crippen molar-refractivity contribution in [1.29, 1.82) is 0 Å². The van der Waals surface area contributed by atoms with Crippen molar-refractivity contribution >= 4 is 11.9 Å². The number of ether oxygens (including phenoxy) is 1. The lowest BCUT2D eigenvalue weighted by Crippen LogP contribution is -2.13. The maximum Gasteiger partial charge on any atom is 0.354 e. The van der Waals surface area contributed by atoms with Gasteiger partial charge in [0.15, 0.2) is 5.69 Å². The predicted molar refractivity (Wildman–Crippen MR) is 59.6 cm³/mol. The van der Waals surface area contributed by atoms with E-state index in [-0.39, 0.29) is 11.6 Å². The van der Waals surface area contributed by atoms with Gasteiger partial charge < -0.3 is 14.9 Å². The molecule has 2 N–H and O–H groups in total. The zero-order valence-electron chi connectivity index (χ0n) is 9.66. The molecule has 7 heteroatoms. The number of nitrogens with zero attached hydrogens (tertiary/aromatic N) is 2. The first-order chi connectivity index (χ1) is 8.52. The topological polar surface area (TPSA) is 99.7 Å². The summed E-state index contributed by atoms with van der Waals surface area (Å²) in [6.07, 6.45) is 0. The highest BCUT2D eigenvalue weighted by molar-refractivity contribution is 5.85. The Labute approximate surface area is 103 Å². The van der Waals surface area contributed by atoms with E-state index in [1.54, 1.807) is 11.0 Å². The fourth-order valence-electron chi connectivity index (χ4n) is 1.69. The van der Waals surface area contributed by atoms with Crippen molar-refractivity contribution < 1.29 is 24.5 Å². The van der Waals surface area contributed by atoms with Crippen LogP contribution in [0, 0.1) is 0 Å². The minimum absolute atomic E-state index is 0.101. The van der Waals surface area contributed by atoms with Crippen molar-refractivity contribution in [1.82, 2.24) is 9.88 Å². The first-order valence-corrected chi connectivity index (χ1v) is 5.27. The van der Waals surface area contributed by atoms with Crippen molar-refractivity contribution in [3.8, 4) is 5.88 Å². The van der Waals surface area contributed by atoms with Crippen LogP contribution in [-0.2, 0) is 11.3 Å². The molecule has 7 nitrogen and oxygen atoms in total. The number of carboxylic acid groups (broad SMARTS) is 2. The van der Waals surface area contributed by atoms with Crippen molar-refractivity contribution in [3.05, 3.63) is 23.4 Å². The molecule has 1 saturated heterocycles. The van der Waals surface area contributed by atoms with Crippen molar-refractivity contribution in [2.75, 3.05) is 13.7 Å². The highest BCUT2D eigenvalue weighted by atomic mass is 16.5. The summed E-state index contributed by atoms with van der Waals surface area (Å²) in [6, 6.07) is 2.50. The molecule has 1 fully saturated rings. The summed E-state index contributed by atoms with van der Waals surface area (Å²) in [5.74, 6) is -1.77. The van der Waals surface area contributed by atoms with E-state index in [1.165, 1.54) is 13.2 Å². The molecule has 2 heterocycles. The summed E-state index contributed by atoms with van der Waals surface area (Å²) < 4.78 is 5.01. The quantitative estimate of drug-likeness (QED) is 0.714. The number of rotatable bonds is 5. The number of carboxylic acids is 2. The lowest BCUT2D eigenvalue weighted by Gasteiger charge is -2.08. The van der Waals surface area contributed by atoms with Crippen LogP contribution in [0.3, 0.4) is 0 Å². The SMILES string of the molecule is COc1nc(C(=O)O)ccc1CN1CC1C(=O)O. The Kier molecular flexibility index (Phi) is 3.15. The molecule has 2 atom stereocenters. The maximum absolute atomic E-state index is 10.8. The number of carbonyl (C=O) groups is 2. The van der Waals surface area contributed by atoms with E-state index < -0.39 is 18.0 Å². The molecular weight excluding hydrogens is 240 g/mol. The average Bonchev–Trinajstić information content (AvgIpc) is 3.08. The van der Waals surface area contributed by atoms with Gasteiger partial charge in [0.1, 0.15) is 6.04 Å². The minimum Gasteiger partial charge on any atom is -0.481 e. The highest BCUT2D eigenvalue weighted by Crippen LogP contribution is 2.25. The molecule has 96 valence electrons. The molecule has 0 bridgehead atoms. The van der Waals surface area contributed by atoms with Gasteiger partial charge in [0, 0.05) is 18.7 Å². The zero-order chi connectivity index (χ0) is 13.3. The van der Waals surface area contributed by atoms with Crippen molar-refractivity contribution in [2.45, 2.75) is 12.6 Å². The van der Waals surface area contributed by atoms with Crippen molar-refractivity contribution in [3.63, 3.8) is 0 Å². The van der Waals surface area contributed by atoms with Crippen LogP contribution in [0.1, 0.15) is 16.1 Å². The van der Waals surface area contributed by atoms with Crippen LogP contribution in [0.5, 0.6) is 5.88 Å². The lowest BCUT2D eigenvalue weighted by atomic mass is 10.2. The minimum atomic E-state index is -1.13. The van der Waals surface area contributed by atoms with Crippen LogP contribution in [0.25, 0.3) is 0 Å². The van der Waals surface area contributed by atoms with Gasteiger partial charge in [0.2, 0.25) is 5.88 Å². The van der Waals surface area contributed by atoms with Gasteiger partial charge in [0.25, 0.3) is 0 Å². The Morgan fingerprint density at radius 3 is 2.72 bits per heavy atom. The molecule has 0 radical (unpaired) electrons. The summed E-state index contributed by atoms with van der Waals surface area (Å²) in [6.45, 7) is 0.867. The Balaban J connectivity index is 2.14. The largest absolute Gasteiger partial charge is 0.481 e. The second-order valence-electron chi connectivity index (χ2n) is 3.95. The molecule has 18 heavy (non-hydrogen) atoms. The normalized spacial score (nSPS) is 21.4. The molecule has 0 spiro atoms. The predicted octanol–water partition coefficient (Wildman–Crippen LogP) is 0.0572. The Morgan fingerprint density at radius 2 is 2.22 bits per heavy atom. The van der Waals surface area contributed by atoms with E-state index in [2.05, 4.69) is 4.98 Å². The number of pyridine rings is 1. The van der Waals surface area contributed by atoms with E-state index in [0.29, 0.717) is 18.7 Å². The Bertz CT molecular complexity index is 502. The average molecular weight is 252 g/mol. The second kappa shape index (κ2) is 4.61. The Hall–Kier alpha value is -2.15. The summed E-state index contributed by atoms with van der Waals surface area (Å²) in [5.41, 5.74) is 0.572. The van der Waals surface area contributed by atoms with Gasteiger partial charge in [-0.15, -0.1) is 0 Å². The molecule has 2 unspecified atom stereocenters. The van der Waals surface area contributed by atoms with Gasteiger partial charge in [-0.3, -0.25) is 9.69 Å². The van der Waals surface area contributed by atoms with Gasteiger partial charge in [-0.25, -0.2) is 9.78 Å². The molecule has 1 aromatic heterocycles. The maximum atomic E-state index is 10.8. The smallest absolute Gasteiger partial charge is 0.354 e. The van der Waals surface area contributed by atoms with Gasteiger partial charge in [-0.1, -0.05) is 0 Å². The van der Waals surface area contributed by atoms with E-state index in [1.807, 2.05) is 0 Å². The standard InChI is InChI=1S/C11H12N2O5/c1-18-9-6(2-3-7(12-9)10(14)15)4-13-5-8(13)11(16)17/h2-3,8H,4-5H2,1H3,(H,14,15)(H,16,17).